The Hall–Kier alpha value is -4.28. The Kier molecular flexibility index (Phi) is 7.69. The smallest absolute Gasteiger partial charge is 0.426 e. The molecule has 1 nitrogen and oxygen atoms in total. The van der Waals surface area contributed by atoms with Gasteiger partial charge in [0.2, 0.25) is 0 Å². The summed E-state index contributed by atoms with van der Waals surface area (Å²) in [7, 11) is 0. The lowest BCUT2D eigenvalue weighted by Gasteiger charge is -2.19. The van der Waals surface area contributed by atoms with E-state index in [0.29, 0.717) is 17.2 Å². The number of benzene rings is 4. The number of rotatable bonds is 6. The second kappa shape index (κ2) is 10.7. The van der Waals surface area contributed by atoms with Crippen LogP contribution in [0.25, 0.3) is 28.1 Å². The maximum absolute atomic E-state index is 14.8. The molecule has 0 spiro atoms. The summed E-state index contributed by atoms with van der Waals surface area (Å²) in [5.41, 5.74) is -2.89. The zero-order valence-corrected chi connectivity index (χ0v) is 20.2. The van der Waals surface area contributed by atoms with Crippen LogP contribution in [0.5, 0.6) is 5.75 Å². The first-order valence-electron chi connectivity index (χ1n) is 11.3. The first-order chi connectivity index (χ1) is 18.7. The number of halogens is 10. The fourth-order valence-electron chi connectivity index (χ4n) is 3.86. The molecule has 0 unspecified atom stereocenters. The van der Waals surface area contributed by atoms with E-state index in [2.05, 4.69) is 4.74 Å². The fourth-order valence-corrected chi connectivity index (χ4v) is 3.86. The number of allylic oxidation sites excluding steroid dienone is 1. The number of hydrogen-bond acceptors (Lipinski definition) is 1. The van der Waals surface area contributed by atoms with Crippen molar-refractivity contribution in [1.29, 1.82) is 0 Å². The maximum atomic E-state index is 14.8. The van der Waals surface area contributed by atoms with E-state index >= 15 is 0 Å². The molecule has 0 heterocycles. The van der Waals surface area contributed by atoms with Gasteiger partial charge in [0.25, 0.3) is 0 Å². The van der Waals surface area contributed by atoms with Crippen LogP contribution in [0.3, 0.4) is 0 Å². The van der Waals surface area contributed by atoms with E-state index < -0.39 is 69.4 Å². The van der Waals surface area contributed by atoms with Crippen LogP contribution >= 0.6 is 0 Å². The molecule has 0 fully saturated rings. The molecular weight excluding hydrogens is 554 g/mol. The van der Waals surface area contributed by atoms with Crippen molar-refractivity contribution in [3.8, 4) is 28.0 Å². The molecule has 0 aliphatic carbocycles. The molecule has 40 heavy (non-hydrogen) atoms. The van der Waals surface area contributed by atoms with Crippen LogP contribution < -0.4 is 4.74 Å². The van der Waals surface area contributed by atoms with Crippen LogP contribution in [0.1, 0.15) is 23.6 Å². The van der Waals surface area contributed by atoms with Gasteiger partial charge in [-0.1, -0.05) is 36.4 Å². The first kappa shape index (κ1) is 28.7. The van der Waals surface area contributed by atoms with Gasteiger partial charge in [-0.25, -0.2) is 22.0 Å². The molecule has 4 rings (SSSR count). The van der Waals surface area contributed by atoms with Gasteiger partial charge in [-0.05, 0) is 60.0 Å². The molecule has 208 valence electrons. The Balaban J connectivity index is 1.53. The average molecular weight is 570 g/mol. The molecule has 0 aliphatic heterocycles. The molecule has 0 saturated heterocycles. The summed E-state index contributed by atoms with van der Waals surface area (Å²) in [5, 5.41) is 0. The van der Waals surface area contributed by atoms with E-state index in [9.17, 15) is 43.9 Å². The van der Waals surface area contributed by atoms with Crippen LogP contribution in [-0.4, -0.2) is 0 Å². The summed E-state index contributed by atoms with van der Waals surface area (Å²) >= 11 is 0. The van der Waals surface area contributed by atoms with E-state index in [-0.39, 0.29) is 17.7 Å². The fraction of sp³-hybridized carbons (Fsp3) is 0.103. The normalized spacial score (nSPS) is 12.8. The van der Waals surface area contributed by atoms with Crippen molar-refractivity contribution in [2.24, 2.45) is 0 Å². The first-order valence-corrected chi connectivity index (χ1v) is 11.3. The highest BCUT2D eigenvalue weighted by Crippen LogP contribution is 2.38. The Morgan fingerprint density at radius 3 is 1.62 bits per heavy atom. The Labute approximate surface area is 221 Å². The summed E-state index contributed by atoms with van der Waals surface area (Å²) in [4.78, 5) is 0. The van der Waals surface area contributed by atoms with Gasteiger partial charge in [0, 0.05) is 17.2 Å². The lowest BCUT2D eigenvalue weighted by atomic mass is 10.0. The van der Waals surface area contributed by atoms with Gasteiger partial charge in [-0.3, -0.25) is 0 Å². The van der Waals surface area contributed by atoms with Crippen LogP contribution in [0.15, 0.2) is 84.7 Å². The third-order valence-electron chi connectivity index (χ3n) is 5.82. The van der Waals surface area contributed by atoms with E-state index in [1.165, 1.54) is 36.4 Å². The van der Waals surface area contributed by atoms with Gasteiger partial charge < -0.3 is 4.74 Å². The van der Waals surface area contributed by atoms with Gasteiger partial charge in [0.1, 0.15) is 34.6 Å². The molecule has 0 aromatic heterocycles. The van der Waals surface area contributed by atoms with E-state index in [1.807, 2.05) is 0 Å². The molecule has 0 N–H and O–H groups in total. The van der Waals surface area contributed by atoms with Crippen molar-refractivity contribution in [1.82, 2.24) is 0 Å². The lowest BCUT2D eigenvalue weighted by Crippen LogP contribution is -2.21. The molecule has 4 aromatic carbocycles. The van der Waals surface area contributed by atoms with Crippen LogP contribution in [-0.2, 0) is 12.3 Å². The summed E-state index contributed by atoms with van der Waals surface area (Å²) in [5.74, 6) is -7.89. The molecule has 11 heteroatoms. The Bertz CT molecular complexity index is 1540. The van der Waals surface area contributed by atoms with E-state index in [0.717, 1.165) is 31.2 Å². The Morgan fingerprint density at radius 1 is 0.625 bits per heavy atom. The number of hydrogen-bond donors (Lipinski definition) is 0. The zero-order chi connectivity index (χ0) is 29.4. The minimum atomic E-state index is -5.32. The predicted molar refractivity (Wildman–Crippen MR) is 128 cm³/mol. The monoisotopic (exact) mass is 570 g/mol. The molecule has 0 amide bonds. The highest BCUT2D eigenvalue weighted by atomic mass is 19.4. The Morgan fingerprint density at radius 2 is 1.15 bits per heavy atom. The zero-order valence-electron chi connectivity index (χ0n) is 20.2. The largest absolute Gasteiger partial charge is 0.429 e. The predicted octanol–water partition coefficient (Wildman–Crippen LogP) is 10.2. The van der Waals surface area contributed by atoms with Crippen molar-refractivity contribution in [2.45, 2.75) is 19.2 Å². The van der Waals surface area contributed by atoms with Crippen LogP contribution in [0.2, 0.25) is 0 Å². The van der Waals surface area contributed by atoms with Crippen molar-refractivity contribution in [3.05, 3.63) is 119 Å². The van der Waals surface area contributed by atoms with E-state index in [4.69, 9.17) is 0 Å². The third-order valence-corrected chi connectivity index (χ3v) is 5.82. The highest BCUT2D eigenvalue weighted by molar-refractivity contribution is 5.69. The summed E-state index contributed by atoms with van der Waals surface area (Å²) < 4.78 is 142. The number of alkyl halides is 5. The molecule has 0 saturated carbocycles. The SMILES string of the molecule is C/C(F)=C(\F)c1ccc(-c2ccc(C(F)(F)Oc3ccc(-c4cc(F)c(C(F)(F)F)c(F)c4)c(F)c3)cc2)cc1. The van der Waals surface area contributed by atoms with Crippen LogP contribution in [0, 0.1) is 17.5 Å². The molecule has 4 aromatic rings. The van der Waals surface area contributed by atoms with Gasteiger partial charge in [0.15, 0.2) is 5.83 Å². The van der Waals surface area contributed by atoms with E-state index in [1.54, 1.807) is 0 Å². The van der Waals surface area contributed by atoms with Gasteiger partial charge in [-0.15, -0.1) is 0 Å². The summed E-state index contributed by atoms with van der Waals surface area (Å²) in [6, 6.07) is 13.1. The van der Waals surface area contributed by atoms with Gasteiger partial charge in [-0.2, -0.15) is 22.0 Å². The minimum absolute atomic E-state index is 0.00662. The maximum Gasteiger partial charge on any atom is 0.426 e. The van der Waals surface area contributed by atoms with Crippen molar-refractivity contribution in [3.63, 3.8) is 0 Å². The third kappa shape index (κ3) is 5.98. The highest BCUT2D eigenvalue weighted by Gasteiger charge is 2.38. The van der Waals surface area contributed by atoms with Crippen LogP contribution in [0.4, 0.5) is 43.9 Å². The lowest BCUT2D eigenvalue weighted by molar-refractivity contribution is -0.185. The average Bonchev–Trinajstić information content (AvgIpc) is 2.87. The van der Waals surface area contributed by atoms with Gasteiger partial charge in [0.05, 0.1) is 5.56 Å². The number of ether oxygens (including phenoxy) is 1. The topological polar surface area (TPSA) is 9.23 Å². The second-order valence-electron chi connectivity index (χ2n) is 8.58. The second-order valence-corrected chi connectivity index (χ2v) is 8.58. The quantitative estimate of drug-likeness (QED) is 0.210. The van der Waals surface area contributed by atoms with Crippen molar-refractivity contribution >= 4 is 5.83 Å². The summed E-state index contributed by atoms with van der Waals surface area (Å²) in [6.45, 7) is 0.967. The standard InChI is InChI=1S/C29H16F10O/c1-15(30)27(34)18-4-2-16(3-5-18)17-6-8-20(9-7-17)29(38,39)40-21-10-11-22(23(31)14-21)19-12-24(32)26(25(33)13-19)28(35,36)37/h2-14H,1H3/b27-15+. The molecule has 0 radical (unpaired) electrons. The molecule has 0 bridgehead atoms. The molecule has 0 aliphatic rings. The van der Waals surface area contributed by atoms with Gasteiger partial charge >= 0.3 is 12.3 Å². The van der Waals surface area contributed by atoms with Crippen molar-refractivity contribution in [2.75, 3.05) is 0 Å². The molecule has 0 atom stereocenters. The minimum Gasteiger partial charge on any atom is -0.429 e. The molecular formula is C29H16F10O. The summed E-state index contributed by atoms with van der Waals surface area (Å²) in [6.07, 6.45) is -9.28. The van der Waals surface area contributed by atoms with Crippen molar-refractivity contribution < 1.29 is 48.6 Å².